The Labute approximate surface area is 241 Å². The second-order valence-electron chi connectivity index (χ2n) is 10.8. The number of nitrogens with zero attached hydrogens (tertiary/aromatic N) is 1. The van der Waals surface area contributed by atoms with Gasteiger partial charge in [-0.15, -0.1) is 0 Å². The third kappa shape index (κ3) is 10.3. The molecule has 0 spiro atoms. The van der Waals surface area contributed by atoms with E-state index >= 15 is 0 Å². The fourth-order valence-corrected chi connectivity index (χ4v) is 4.10. The highest BCUT2D eigenvalue weighted by Gasteiger charge is 2.36. The lowest BCUT2D eigenvalue weighted by molar-refractivity contribution is -0.141. The fraction of sp³-hybridized carbons (Fsp3) is 0.467. The molecular weight excluding hydrogens is 528 g/mol. The molecule has 0 saturated heterocycles. The van der Waals surface area contributed by atoms with Crippen LogP contribution in [0.15, 0.2) is 42.5 Å². The zero-order chi connectivity index (χ0) is 30.7. The van der Waals surface area contributed by atoms with E-state index in [9.17, 15) is 24.3 Å². The average Bonchev–Trinajstić information content (AvgIpc) is 2.89. The number of nitrogens with two attached hydrogens (primary N) is 1. The van der Waals surface area contributed by atoms with Gasteiger partial charge in [-0.05, 0) is 88.1 Å². The van der Waals surface area contributed by atoms with E-state index in [-0.39, 0.29) is 25.1 Å². The van der Waals surface area contributed by atoms with Crippen molar-refractivity contribution in [2.24, 2.45) is 5.73 Å². The molecule has 2 aromatic carbocycles. The van der Waals surface area contributed by atoms with Crippen molar-refractivity contribution in [1.29, 1.82) is 0 Å². The zero-order valence-corrected chi connectivity index (χ0v) is 24.7. The highest BCUT2D eigenvalue weighted by Crippen LogP contribution is 2.29. The van der Waals surface area contributed by atoms with Crippen LogP contribution in [0, 0.1) is 6.92 Å². The van der Waals surface area contributed by atoms with Crippen molar-refractivity contribution >= 4 is 29.5 Å². The first kappa shape index (κ1) is 32.9. The Morgan fingerprint density at radius 2 is 1.73 bits per heavy atom. The normalized spacial score (nSPS) is 12.5. The molecule has 5 N–H and O–H groups in total. The predicted molar refractivity (Wildman–Crippen MR) is 155 cm³/mol. The van der Waals surface area contributed by atoms with Crippen molar-refractivity contribution < 1.29 is 33.8 Å². The van der Waals surface area contributed by atoms with Crippen LogP contribution in [0.1, 0.15) is 70.5 Å². The van der Waals surface area contributed by atoms with Crippen molar-refractivity contribution in [2.75, 3.05) is 19.0 Å². The number of methoxy groups -OCH3 is 1. The second-order valence-corrected chi connectivity index (χ2v) is 10.8. The molecule has 0 fully saturated rings. The van der Waals surface area contributed by atoms with Gasteiger partial charge in [0.1, 0.15) is 29.2 Å². The van der Waals surface area contributed by atoms with E-state index < -0.39 is 41.5 Å². The summed E-state index contributed by atoms with van der Waals surface area (Å²) in [6.07, 6.45) is 0.183. The molecule has 224 valence electrons. The monoisotopic (exact) mass is 570 g/mol. The van der Waals surface area contributed by atoms with Gasteiger partial charge >= 0.3 is 6.09 Å². The Morgan fingerprint density at radius 3 is 2.27 bits per heavy atom. The van der Waals surface area contributed by atoms with Crippen LogP contribution in [0.5, 0.6) is 11.5 Å². The number of amides is 4. The third-order valence-corrected chi connectivity index (χ3v) is 6.16. The summed E-state index contributed by atoms with van der Waals surface area (Å²) in [6.45, 7) is 8.88. The highest BCUT2D eigenvalue weighted by molar-refractivity contribution is 5.99. The van der Waals surface area contributed by atoms with Crippen molar-refractivity contribution in [3.8, 4) is 11.5 Å². The van der Waals surface area contributed by atoms with E-state index in [1.165, 1.54) is 18.1 Å². The molecule has 0 aliphatic rings. The van der Waals surface area contributed by atoms with Gasteiger partial charge in [-0.25, -0.2) is 4.79 Å². The number of hydrogen-bond acceptors (Lipinski definition) is 7. The van der Waals surface area contributed by atoms with Crippen molar-refractivity contribution in [1.82, 2.24) is 10.2 Å². The van der Waals surface area contributed by atoms with Crippen LogP contribution < -0.4 is 21.1 Å². The number of carbonyl (C=O) groups excluding carboxylic acids is 4. The number of primary amides is 1. The van der Waals surface area contributed by atoms with E-state index in [0.717, 1.165) is 6.42 Å². The van der Waals surface area contributed by atoms with Crippen molar-refractivity contribution in [3.05, 3.63) is 53.6 Å². The summed E-state index contributed by atoms with van der Waals surface area (Å²) < 4.78 is 10.5. The van der Waals surface area contributed by atoms with Gasteiger partial charge < -0.3 is 35.8 Å². The molecule has 0 saturated carbocycles. The minimum Gasteiger partial charge on any atom is -0.508 e. The molecule has 0 aromatic heterocycles. The van der Waals surface area contributed by atoms with Crippen LogP contribution in [-0.2, 0) is 19.1 Å². The quantitative estimate of drug-likeness (QED) is 0.281. The first-order valence-corrected chi connectivity index (χ1v) is 13.6. The molecule has 11 heteroatoms. The standard InChI is InChI=1S/C30H42N4O7/c1-7-8-17-34(28(38)23(14-16-25(31)36)33-29(39)41-30(3,4)5)26(20-9-15-24(35)19(2)18-20)27(37)32-21-10-12-22(40-6)13-11-21/h9-13,15,18,23,26,35H,7-8,14,16-17H2,1-6H3,(H2,31,36)(H,32,37)(H,33,39). The van der Waals surface area contributed by atoms with Crippen LogP contribution in [0.4, 0.5) is 10.5 Å². The van der Waals surface area contributed by atoms with E-state index in [1.54, 1.807) is 64.1 Å². The maximum Gasteiger partial charge on any atom is 0.408 e. The summed E-state index contributed by atoms with van der Waals surface area (Å²) in [5.74, 6) is -1.07. The summed E-state index contributed by atoms with van der Waals surface area (Å²) >= 11 is 0. The number of hydrogen-bond donors (Lipinski definition) is 4. The lowest BCUT2D eigenvalue weighted by atomic mass is 9.99. The molecule has 0 bridgehead atoms. The second kappa shape index (κ2) is 14.9. The first-order chi connectivity index (χ1) is 19.2. The zero-order valence-electron chi connectivity index (χ0n) is 24.7. The number of aromatic hydroxyl groups is 1. The van der Waals surface area contributed by atoms with Crippen LogP contribution >= 0.6 is 0 Å². The molecule has 0 radical (unpaired) electrons. The van der Waals surface area contributed by atoms with Crippen molar-refractivity contribution in [3.63, 3.8) is 0 Å². The average molecular weight is 571 g/mol. The SMILES string of the molecule is CCCCN(C(=O)C(CCC(N)=O)NC(=O)OC(C)(C)C)C(C(=O)Nc1ccc(OC)cc1)c1ccc(O)c(C)c1. The molecule has 2 unspecified atom stereocenters. The van der Waals surface area contributed by atoms with Gasteiger partial charge in [0.15, 0.2) is 0 Å². The number of aryl methyl sites for hydroxylation is 1. The van der Waals surface area contributed by atoms with Crippen LogP contribution in [0.25, 0.3) is 0 Å². The van der Waals surface area contributed by atoms with Gasteiger partial charge in [0.2, 0.25) is 11.8 Å². The summed E-state index contributed by atoms with van der Waals surface area (Å²) in [5.41, 5.74) is 6.00. The molecule has 4 amide bonds. The number of phenolic OH excluding ortho intramolecular Hbond substituents is 1. The summed E-state index contributed by atoms with van der Waals surface area (Å²) in [4.78, 5) is 53.7. The van der Waals surface area contributed by atoms with Gasteiger partial charge in [-0.1, -0.05) is 19.4 Å². The van der Waals surface area contributed by atoms with Gasteiger partial charge in [0, 0.05) is 18.7 Å². The maximum absolute atomic E-state index is 14.1. The minimum absolute atomic E-state index is 0.0421. The van der Waals surface area contributed by atoms with Crippen molar-refractivity contribution in [2.45, 2.75) is 78.0 Å². The lowest BCUT2D eigenvalue weighted by Crippen LogP contribution is -2.52. The molecule has 0 aliphatic carbocycles. The van der Waals surface area contributed by atoms with Crippen LogP contribution in [0.2, 0.25) is 0 Å². The Balaban J connectivity index is 2.55. The predicted octanol–water partition coefficient (Wildman–Crippen LogP) is 4.18. The highest BCUT2D eigenvalue weighted by atomic mass is 16.6. The van der Waals surface area contributed by atoms with Gasteiger partial charge in [-0.2, -0.15) is 0 Å². The number of anilines is 1. The number of unbranched alkanes of at least 4 members (excludes halogenated alkanes) is 1. The number of ether oxygens (including phenoxy) is 2. The Bertz CT molecular complexity index is 1210. The molecule has 0 aliphatic heterocycles. The molecule has 2 atom stereocenters. The van der Waals surface area contributed by atoms with Gasteiger partial charge in [-0.3, -0.25) is 14.4 Å². The van der Waals surface area contributed by atoms with Crippen LogP contribution in [0.3, 0.4) is 0 Å². The topological polar surface area (TPSA) is 160 Å². The van der Waals surface area contributed by atoms with E-state index in [2.05, 4.69) is 10.6 Å². The molecule has 11 nitrogen and oxygen atoms in total. The lowest BCUT2D eigenvalue weighted by Gasteiger charge is -2.34. The number of benzene rings is 2. The number of alkyl carbamates (subject to hydrolysis) is 1. The molecular formula is C30H42N4O7. The maximum atomic E-state index is 14.1. The molecule has 2 rings (SSSR count). The van der Waals surface area contributed by atoms with E-state index in [1.807, 2.05) is 6.92 Å². The van der Waals surface area contributed by atoms with Gasteiger partial charge in [0.25, 0.3) is 5.91 Å². The largest absolute Gasteiger partial charge is 0.508 e. The molecule has 41 heavy (non-hydrogen) atoms. The fourth-order valence-electron chi connectivity index (χ4n) is 4.10. The number of carbonyl (C=O) groups is 4. The minimum atomic E-state index is -1.19. The third-order valence-electron chi connectivity index (χ3n) is 6.16. The number of nitrogens with one attached hydrogen (secondary N) is 2. The first-order valence-electron chi connectivity index (χ1n) is 13.6. The number of phenols is 1. The van der Waals surface area contributed by atoms with Gasteiger partial charge in [0.05, 0.1) is 7.11 Å². The van der Waals surface area contributed by atoms with E-state index in [0.29, 0.717) is 29.0 Å². The Kier molecular flexibility index (Phi) is 12.0. The molecule has 0 heterocycles. The summed E-state index contributed by atoms with van der Waals surface area (Å²) in [6, 6.07) is 9.09. The molecule has 2 aromatic rings. The Morgan fingerprint density at radius 1 is 1.07 bits per heavy atom. The number of rotatable bonds is 13. The van der Waals surface area contributed by atoms with Crippen LogP contribution in [-0.4, -0.2) is 59.1 Å². The Hall–Kier alpha value is -4.28. The summed E-state index contributed by atoms with van der Waals surface area (Å²) in [5, 5.41) is 15.6. The summed E-state index contributed by atoms with van der Waals surface area (Å²) in [7, 11) is 1.54. The van der Waals surface area contributed by atoms with E-state index in [4.69, 9.17) is 15.2 Å². The smallest absolute Gasteiger partial charge is 0.408 e.